The van der Waals surface area contributed by atoms with Gasteiger partial charge in [-0.05, 0) is 30.2 Å². The minimum absolute atomic E-state index is 0.193. The predicted octanol–water partition coefficient (Wildman–Crippen LogP) is 3.53. The zero-order valence-electron chi connectivity index (χ0n) is 14.2. The summed E-state index contributed by atoms with van der Waals surface area (Å²) in [4.78, 5) is 38.6. The Morgan fingerprint density at radius 2 is 2.04 bits per heavy atom. The van der Waals surface area contributed by atoms with Gasteiger partial charge in [0, 0.05) is 16.4 Å². The summed E-state index contributed by atoms with van der Waals surface area (Å²) in [5.41, 5.74) is 6.76. The van der Waals surface area contributed by atoms with Gasteiger partial charge in [0.25, 0.3) is 11.8 Å². The minimum atomic E-state index is -0.642. The van der Waals surface area contributed by atoms with Crippen molar-refractivity contribution in [2.75, 3.05) is 19.0 Å². The molecule has 3 amide bonds. The van der Waals surface area contributed by atoms with Crippen LogP contribution >= 0.6 is 34.5 Å². The molecule has 1 aromatic carbocycles. The number of hydrogen-bond donors (Lipinski definition) is 2. The second kappa shape index (κ2) is 7.75. The van der Waals surface area contributed by atoms with Crippen LogP contribution in [0.3, 0.4) is 0 Å². The third-order valence-corrected chi connectivity index (χ3v) is 5.82. The zero-order chi connectivity index (χ0) is 19.7. The molecule has 142 valence electrons. The summed E-state index contributed by atoms with van der Waals surface area (Å²) < 4.78 is 4.74. The highest BCUT2D eigenvalue weighted by molar-refractivity contribution is 7.17. The standard InChI is InChI=1S/C17H15Cl2N3O4S/c1-26-17(25)22-5-4-10-12(7-22)27-16(13(10)14(20)23)21-15(24)9-3-2-8(18)6-11(9)19/h2-3,6H,4-5,7H2,1H3,(H2,20,23)(H,21,24). The van der Waals surface area contributed by atoms with Crippen molar-refractivity contribution in [3.05, 3.63) is 49.8 Å². The number of ether oxygens (including phenoxy) is 1. The number of rotatable bonds is 3. The first-order chi connectivity index (χ1) is 12.8. The Morgan fingerprint density at radius 1 is 1.30 bits per heavy atom. The van der Waals surface area contributed by atoms with E-state index in [-0.39, 0.29) is 22.7 Å². The van der Waals surface area contributed by atoms with E-state index in [0.717, 1.165) is 10.4 Å². The van der Waals surface area contributed by atoms with E-state index in [1.165, 1.54) is 35.5 Å². The third kappa shape index (κ3) is 3.87. The fraction of sp³-hybridized carbons (Fsp3) is 0.235. The number of methoxy groups -OCH3 is 1. The molecular weight excluding hydrogens is 413 g/mol. The van der Waals surface area contributed by atoms with E-state index in [2.05, 4.69) is 5.32 Å². The Labute approximate surface area is 169 Å². The summed E-state index contributed by atoms with van der Waals surface area (Å²) in [7, 11) is 1.31. The van der Waals surface area contributed by atoms with Crippen molar-refractivity contribution in [3.8, 4) is 0 Å². The molecule has 1 aromatic heterocycles. The average molecular weight is 428 g/mol. The number of nitrogens with zero attached hydrogens (tertiary/aromatic N) is 1. The molecule has 0 saturated carbocycles. The number of amides is 3. The number of benzene rings is 1. The summed E-state index contributed by atoms with van der Waals surface area (Å²) in [5.74, 6) is -1.13. The molecule has 0 atom stereocenters. The van der Waals surface area contributed by atoms with Gasteiger partial charge < -0.3 is 20.7 Å². The Balaban J connectivity index is 1.92. The van der Waals surface area contributed by atoms with Crippen LogP contribution in [0.2, 0.25) is 10.0 Å². The number of nitrogens with one attached hydrogen (secondary N) is 1. The van der Waals surface area contributed by atoms with Gasteiger partial charge in [0.15, 0.2) is 0 Å². The van der Waals surface area contributed by atoms with E-state index in [9.17, 15) is 14.4 Å². The molecule has 3 rings (SSSR count). The van der Waals surface area contributed by atoms with E-state index in [1.807, 2.05) is 0 Å². The van der Waals surface area contributed by atoms with Crippen molar-refractivity contribution in [2.45, 2.75) is 13.0 Å². The summed E-state index contributed by atoms with van der Waals surface area (Å²) in [6, 6.07) is 4.50. The van der Waals surface area contributed by atoms with E-state index in [4.69, 9.17) is 33.7 Å². The van der Waals surface area contributed by atoms with Crippen molar-refractivity contribution in [3.63, 3.8) is 0 Å². The highest BCUT2D eigenvalue weighted by Crippen LogP contribution is 2.37. The molecule has 1 aliphatic heterocycles. The van der Waals surface area contributed by atoms with Crippen LogP contribution in [0.25, 0.3) is 0 Å². The summed E-state index contributed by atoms with van der Waals surface area (Å²) in [5, 5.41) is 3.63. The van der Waals surface area contributed by atoms with Crippen LogP contribution in [0.5, 0.6) is 0 Å². The van der Waals surface area contributed by atoms with Gasteiger partial charge >= 0.3 is 6.09 Å². The van der Waals surface area contributed by atoms with Gasteiger partial charge in [-0.15, -0.1) is 11.3 Å². The Bertz CT molecular complexity index is 945. The van der Waals surface area contributed by atoms with Crippen molar-refractivity contribution < 1.29 is 19.1 Å². The van der Waals surface area contributed by atoms with Crippen LogP contribution in [0.4, 0.5) is 9.80 Å². The zero-order valence-corrected chi connectivity index (χ0v) is 16.5. The van der Waals surface area contributed by atoms with E-state index in [0.29, 0.717) is 23.0 Å². The van der Waals surface area contributed by atoms with Gasteiger partial charge in [-0.1, -0.05) is 23.2 Å². The normalized spacial score (nSPS) is 13.1. The van der Waals surface area contributed by atoms with Gasteiger partial charge in [-0.25, -0.2) is 4.79 Å². The lowest BCUT2D eigenvalue weighted by Crippen LogP contribution is -2.35. The number of nitrogens with two attached hydrogens (primary N) is 1. The first-order valence-corrected chi connectivity index (χ1v) is 9.42. The summed E-state index contributed by atoms with van der Waals surface area (Å²) in [6.07, 6.45) is -0.00949. The molecule has 0 radical (unpaired) electrons. The summed E-state index contributed by atoms with van der Waals surface area (Å²) >= 11 is 13.1. The Kier molecular flexibility index (Phi) is 5.59. The first kappa shape index (κ1) is 19.5. The molecule has 2 aromatic rings. The predicted molar refractivity (Wildman–Crippen MR) is 104 cm³/mol. The molecule has 3 N–H and O–H groups in total. The van der Waals surface area contributed by atoms with Crippen LogP contribution < -0.4 is 11.1 Å². The number of anilines is 1. The molecule has 1 aliphatic rings. The van der Waals surface area contributed by atoms with Gasteiger partial charge in [-0.3, -0.25) is 9.59 Å². The lowest BCUT2D eigenvalue weighted by atomic mass is 10.0. The van der Waals surface area contributed by atoms with Gasteiger partial charge in [0.2, 0.25) is 0 Å². The smallest absolute Gasteiger partial charge is 0.409 e. The third-order valence-electron chi connectivity index (χ3n) is 4.14. The molecule has 0 unspecified atom stereocenters. The van der Waals surface area contributed by atoms with Crippen molar-refractivity contribution in [1.82, 2.24) is 4.90 Å². The molecule has 27 heavy (non-hydrogen) atoms. The molecule has 0 spiro atoms. The number of carbonyl (C=O) groups is 3. The van der Waals surface area contributed by atoms with Crippen molar-refractivity contribution >= 4 is 57.4 Å². The highest BCUT2D eigenvalue weighted by atomic mass is 35.5. The van der Waals surface area contributed by atoms with E-state index >= 15 is 0 Å². The van der Waals surface area contributed by atoms with E-state index < -0.39 is 17.9 Å². The maximum Gasteiger partial charge on any atom is 0.409 e. The number of thiophene rings is 1. The Morgan fingerprint density at radius 3 is 2.67 bits per heavy atom. The quantitative estimate of drug-likeness (QED) is 0.781. The van der Waals surface area contributed by atoms with Crippen molar-refractivity contribution in [2.24, 2.45) is 5.73 Å². The molecular formula is C17H15Cl2N3O4S. The fourth-order valence-electron chi connectivity index (χ4n) is 2.88. The molecule has 0 bridgehead atoms. The number of carbonyl (C=O) groups excluding carboxylic acids is 3. The van der Waals surface area contributed by atoms with Crippen LogP contribution in [-0.2, 0) is 17.7 Å². The lowest BCUT2D eigenvalue weighted by Gasteiger charge is -2.25. The second-order valence-electron chi connectivity index (χ2n) is 5.79. The average Bonchev–Trinajstić information content (AvgIpc) is 2.97. The summed E-state index contributed by atoms with van der Waals surface area (Å²) in [6.45, 7) is 0.678. The number of halogens is 2. The maximum atomic E-state index is 12.6. The topological polar surface area (TPSA) is 102 Å². The van der Waals surface area contributed by atoms with Crippen LogP contribution in [0.1, 0.15) is 31.2 Å². The molecule has 0 fully saturated rings. The number of primary amides is 1. The molecule has 0 saturated heterocycles. The SMILES string of the molecule is COC(=O)N1CCc2c(sc(NC(=O)c3ccc(Cl)cc3Cl)c2C(N)=O)C1. The van der Waals surface area contributed by atoms with Gasteiger partial charge in [0.05, 0.1) is 29.8 Å². The van der Waals surface area contributed by atoms with E-state index in [1.54, 1.807) is 6.07 Å². The highest BCUT2D eigenvalue weighted by Gasteiger charge is 2.30. The molecule has 0 aliphatic carbocycles. The van der Waals surface area contributed by atoms with Crippen molar-refractivity contribution in [1.29, 1.82) is 0 Å². The lowest BCUT2D eigenvalue weighted by molar-refractivity contribution is 0.0999. The number of hydrogen-bond acceptors (Lipinski definition) is 5. The fourth-order valence-corrected chi connectivity index (χ4v) is 4.64. The molecule has 10 heteroatoms. The first-order valence-electron chi connectivity index (χ1n) is 7.85. The largest absolute Gasteiger partial charge is 0.453 e. The molecule has 7 nitrogen and oxygen atoms in total. The van der Waals surface area contributed by atoms with Gasteiger partial charge in [0.1, 0.15) is 5.00 Å². The minimum Gasteiger partial charge on any atom is -0.453 e. The van der Waals surface area contributed by atoms with Crippen LogP contribution in [0.15, 0.2) is 18.2 Å². The van der Waals surface area contributed by atoms with Gasteiger partial charge in [-0.2, -0.15) is 0 Å². The monoisotopic (exact) mass is 427 g/mol. The van der Waals surface area contributed by atoms with Crippen LogP contribution in [-0.4, -0.2) is 36.5 Å². The van der Waals surface area contributed by atoms with Crippen LogP contribution in [0, 0.1) is 0 Å². The Hall–Kier alpha value is -2.29. The molecule has 2 heterocycles. The number of fused-ring (bicyclic) bond motifs is 1. The second-order valence-corrected chi connectivity index (χ2v) is 7.74. The maximum absolute atomic E-state index is 12.6.